The molecule has 0 heterocycles. The number of hydrogen-bond donors (Lipinski definition) is 0. The summed E-state index contributed by atoms with van der Waals surface area (Å²) in [5, 5.41) is 0.253. The summed E-state index contributed by atoms with van der Waals surface area (Å²) in [6, 6.07) is 3.91. The van der Waals surface area contributed by atoms with Gasteiger partial charge in [-0.2, -0.15) is 0 Å². The van der Waals surface area contributed by atoms with E-state index < -0.39 is 24.6 Å². The average Bonchev–Trinajstić information content (AvgIpc) is 1.97. The molecule has 0 aliphatic carbocycles. The van der Waals surface area contributed by atoms with Crippen molar-refractivity contribution in [3.8, 4) is 0 Å². The third kappa shape index (κ3) is 3.93. The SMILES string of the molecule is CS(=O)(=O)c1ccc(Cl)cc1CS(=O)(=O)Cl. The Hall–Kier alpha value is -0.300. The molecule has 0 aromatic heterocycles. The maximum atomic E-state index is 11.4. The summed E-state index contributed by atoms with van der Waals surface area (Å²) in [5.74, 6) is -0.572. The lowest BCUT2D eigenvalue weighted by atomic mass is 10.2. The molecule has 1 aromatic rings. The molecule has 0 unspecified atom stereocenters. The smallest absolute Gasteiger partial charge is 0.224 e. The first-order valence-electron chi connectivity index (χ1n) is 4.00. The van der Waals surface area contributed by atoms with E-state index in [1.165, 1.54) is 18.2 Å². The number of hydrogen-bond acceptors (Lipinski definition) is 4. The van der Waals surface area contributed by atoms with Crippen LogP contribution in [0.5, 0.6) is 0 Å². The third-order valence-electron chi connectivity index (χ3n) is 1.75. The zero-order valence-electron chi connectivity index (χ0n) is 8.14. The second-order valence-corrected chi connectivity index (χ2v) is 8.40. The van der Waals surface area contributed by atoms with Gasteiger partial charge in [0.15, 0.2) is 9.84 Å². The minimum atomic E-state index is -3.83. The Bertz CT molecular complexity index is 605. The van der Waals surface area contributed by atoms with E-state index in [2.05, 4.69) is 0 Å². The van der Waals surface area contributed by atoms with Gasteiger partial charge < -0.3 is 0 Å². The number of benzene rings is 1. The van der Waals surface area contributed by atoms with Gasteiger partial charge in [0.2, 0.25) is 9.05 Å². The molecule has 4 nitrogen and oxygen atoms in total. The van der Waals surface area contributed by atoms with Gasteiger partial charge in [0.25, 0.3) is 0 Å². The van der Waals surface area contributed by atoms with Gasteiger partial charge in [-0.3, -0.25) is 0 Å². The van der Waals surface area contributed by atoms with E-state index in [9.17, 15) is 16.8 Å². The molecule has 16 heavy (non-hydrogen) atoms. The number of rotatable bonds is 3. The second-order valence-electron chi connectivity index (χ2n) is 3.21. The standard InChI is InChI=1S/C8H8Cl2O4S2/c1-15(11,12)8-3-2-7(9)4-6(8)5-16(10,13)14/h2-4H,5H2,1H3. The van der Waals surface area contributed by atoms with Crippen LogP contribution in [0.3, 0.4) is 0 Å². The van der Waals surface area contributed by atoms with Crippen molar-refractivity contribution in [1.29, 1.82) is 0 Å². The highest BCUT2D eigenvalue weighted by Crippen LogP contribution is 2.23. The summed E-state index contributed by atoms with van der Waals surface area (Å²) in [5.41, 5.74) is 0.0741. The maximum absolute atomic E-state index is 11.4. The highest BCUT2D eigenvalue weighted by molar-refractivity contribution is 8.13. The van der Waals surface area contributed by atoms with Crippen molar-refractivity contribution in [2.75, 3.05) is 6.26 Å². The van der Waals surface area contributed by atoms with Gasteiger partial charge >= 0.3 is 0 Å². The Morgan fingerprint density at radius 3 is 2.19 bits per heavy atom. The molecule has 0 aliphatic heterocycles. The Morgan fingerprint density at radius 1 is 1.19 bits per heavy atom. The van der Waals surface area contributed by atoms with E-state index in [4.69, 9.17) is 22.3 Å². The predicted octanol–water partition coefficient (Wildman–Crippen LogP) is 1.81. The minimum Gasteiger partial charge on any atom is -0.224 e. The van der Waals surface area contributed by atoms with Crippen LogP contribution >= 0.6 is 22.3 Å². The van der Waals surface area contributed by atoms with Crippen LogP contribution in [0.15, 0.2) is 23.1 Å². The van der Waals surface area contributed by atoms with Crippen LogP contribution in [0.1, 0.15) is 5.56 Å². The van der Waals surface area contributed by atoms with Crippen molar-refractivity contribution in [2.45, 2.75) is 10.6 Å². The second kappa shape index (κ2) is 4.52. The van der Waals surface area contributed by atoms with Crippen LogP contribution in [0, 0.1) is 0 Å². The molecule has 90 valence electrons. The molecule has 8 heteroatoms. The van der Waals surface area contributed by atoms with Crippen molar-refractivity contribution in [3.63, 3.8) is 0 Å². The van der Waals surface area contributed by atoms with Gasteiger partial charge in [-0.05, 0) is 23.8 Å². The van der Waals surface area contributed by atoms with Gasteiger partial charge in [0, 0.05) is 22.0 Å². The fourth-order valence-corrected chi connectivity index (χ4v) is 3.38. The Morgan fingerprint density at radius 2 is 1.75 bits per heavy atom. The molecule has 0 N–H and O–H groups in total. The molecule has 0 atom stereocenters. The normalized spacial score (nSPS) is 12.7. The molecule has 0 radical (unpaired) electrons. The van der Waals surface area contributed by atoms with Gasteiger partial charge in [-0.15, -0.1) is 0 Å². The molecule has 0 saturated heterocycles. The van der Waals surface area contributed by atoms with Crippen LogP contribution in [0.2, 0.25) is 5.02 Å². The summed E-state index contributed by atoms with van der Waals surface area (Å²) in [6.45, 7) is 0. The van der Waals surface area contributed by atoms with Gasteiger partial charge in [0.05, 0.1) is 10.6 Å². The number of halogens is 2. The van der Waals surface area contributed by atoms with E-state index in [1.807, 2.05) is 0 Å². The predicted molar refractivity (Wildman–Crippen MR) is 63.0 cm³/mol. The molecular formula is C8H8Cl2O4S2. The molecule has 0 amide bonds. The van der Waals surface area contributed by atoms with Crippen molar-refractivity contribution in [1.82, 2.24) is 0 Å². The fourth-order valence-electron chi connectivity index (χ4n) is 1.21. The number of sulfone groups is 1. The molecule has 0 saturated carbocycles. The minimum absolute atomic E-state index is 0.0741. The summed E-state index contributed by atoms with van der Waals surface area (Å²) in [7, 11) is -2.26. The van der Waals surface area contributed by atoms with E-state index in [0.29, 0.717) is 0 Å². The Balaban J connectivity index is 3.42. The molecule has 0 bridgehead atoms. The largest absolute Gasteiger partial charge is 0.236 e. The third-order valence-corrected chi connectivity index (χ3v) is 4.17. The van der Waals surface area contributed by atoms with E-state index in [0.717, 1.165) is 6.26 Å². The van der Waals surface area contributed by atoms with Crippen LogP contribution in [0.25, 0.3) is 0 Å². The average molecular weight is 303 g/mol. The zero-order chi connectivity index (χ0) is 12.6. The van der Waals surface area contributed by atoms with Gasteiger partial charge in [-0.25, -0.2) is 16.8 Å². The summed E-state index contributed by atoms with van der Waals surface area (Å²) >= 11 is 5.66. The molecular weight excluding hydrogens is 295 g/mol. The van der Waals surface area contributed by atoms with E-state index in [1.54, 1.807) is 0 Å². The molecule has 0 spiro atoms. The van der Waals surface area contributed by atoms with Crippen molar-refractivity contribution in [3.05, 3.63) is 28.8 Å². The highest BCUT2D eigenvalue weighted by Gasteiger charge is 2.17. The lowest BCUT2D eigenvalue weighted by Gasteiger charge is -2.06. The quantitative estimate of drug-likeness (QED) is 0.799. The summed E-state index contributed by atoms with van der Waals surface area (Å²) in [4.78, 5) is -0.0823. The van der Waals surface area contributed by atoms with Gasteiger partial charge in [-0.1, -0.05) is 11.6 Å². The van der Waals surface area contributed by atoms with Crippen LogP contribution < -0.4 is 0 Å². The van der Waals surface area contributed by atoms with Crippen LogP contribution in [-0.4, -0.2) is 23.1 Å². The van der Waals surface area contributed by atoms with E-state index >= 15 is 0 Å². The van der Waals surface area contributed by atoms with Gasteiger partial charge in [0.1, 0.15) is 0 Å². The Kier molecular flexibility index (Phi) is 3.89. The van der Waals surface area contributed by atoms with Crippen molar-refractivity contribution in [2.24, 2.45) is 0 Å². The fraction of sp³-hybridized carbons (Fsp3) is 0.250. The molecule has 0 fully saturated rings. The lowest BCUT2D eigenvalue weighted by Crippen LogP contribution is -2.05. The highest BCUT2D eigenvalue weighted by atomic mass is 35.7. The first-order chi connectivity index (χ1) is 7.09. The zero-order valence-corrected chi connectivity index (χ0v) is 11.3. The summed E-state index contributed by atoms with van der Waals surface area (Å²) in [6.07, 6.45) is 0.987. The first kappa shape index (κ1) is 13.8. The Labute approximate surface area is 104 Å². The van der Waals surface area contributed by atoms with E-state index in [-0.39, 0.29) is 15.5 Å². The van der Waals surface area contributed by atoms with Crippen LogP contribution in [0.4, 0.5) is 0 Å². The molecule has 1 aromatic carbocycles. The molecule has 0 aliphatic rings. The maximum Gasteiger partial charge on any atom is 0.236 e. The van der Waals surface area contributed by atoms with Crippen LogP contribution in [-0.2, 0) is 24.6 Å². The van der Waals surface area contributed by atoms with Crippen molar-refractivity contribution >= 4 is 41.2 Å². The first-order valence-corrected chi connectivity index (χ1v) is 8.75. The molecule has 1 rings (SSSR count). The van der Waals surface area contributed by atoms with Crippen molar-refractivity contribution < 1.29 is 16.8 Å². The monoisotopic (exact) mass is 302 g/mol. The topological polar surface area (TPSA) is 68.3 Å². The lowest BCUT2D eigenvalue weighted by molar-refractivity contribution is 0.600. The summed E-state index contributed by atoms with van der Waals surface area (Å²) < 4.78 is 44.6.